The van der Waals surface area contributed by atoms with Gasteiger partial charge in [-0.1, -0.05) is 6.42 Å². The first-order chi connectivity index (χ1) is 11.1. The van der Waals surface area contributed by atoms with Gasteiger partial charge in [0.25, 0.3) is 0 Å². The minimum absolute atomic E-state index is 0.0107. The van der Waals surface area contributed by atoms with Crippen molar-refractivity contribution in [3.05, 3.63) is 24.3 Å². The zero-order chi connectivity index (χ0) is 16.2. The van der Waals surface area contributed by atoms with Crippen molar-refractivity contribution in [1.29, 1.82) is 0 Å². The van der Waals surface area contributed by atoms with Gasteiger partial charge in [0.05, 0.1) is 12.1 Å². The number of hydrogen-bond acceptors (Lipinski definition) is 4. The fourth-order valence-corrected chi connectivity index (χ4v) is 4.59. The lowest BCUT2D eigenvalue weighted by molar-refractivity contribution is -0.116. The van der Waals surface area contributed by atoms with Gasteiger partial charge in [-0.3, -0.25) is 4.79 Å². The fraction of sp³-hybridized carbons (Fsp3) is 0.500. The number of carbonyl (C=O) groups excluding carboxylic acids is 2. The van der Waals surface area contributed by atoms with E-state index < -0.39 is 0 Å². The van der Waals surface area contributed by atoms with E-state index >= 15 is 0 Å². The smallest absolute Gasteiger partial charge is 0.315 e. The van der Waals surface area contributed by atoms with Gasteiger partial charge in [-0.05, 0) is 37.1 Å². The van der Waals surface area contributed by atoms with Crippen molar-refractivity contribution in [2.45, 2.75) is 43.0 Å². The molecule has 6 nitrogen and oxygen atoms in total. The van der Waals surface area contributed by atoms with E-state index in [0.717, 1.165) is 25.0 Å². The average Bonchev–Trinajstić information content (AvgIpc) is 3.06. The molecule has 2 fully saturated rings. The molecular formula is C16H21N3O3S. The standard InChI is InChI=1S/C16H21N3O3S/c20-11-7-5-10(6-8-11)17-14(21)4-2-1-3-13-15-12(9-23-13)18-16(22)19-15/h5-8,12-13,15,20H,1-4,9H2,(H,17,21)(H2,18,19,22)/t12-,13+,15+/m0/s1. The molecule has 0 spiro atoms. The van der Waals surface area contributed by atoms with Gasteiger partial charge in [0.15, 0.2) is 0 Å². The highest BCUT2D eigenvalue weighted by atomic mass is 32.2. The van der Waals surface area contributed by atoms with Crippen molar-refractivity contribution in [3.8, 4) is 5.75 Å². The number of aromatic hydroxyl groups is 1. The quantitative estimate of drug-likeness (QED) is 0.364. The molecule has 2 heterocycles. The van der Waals surface area contributed by atoms with Crippen LogP contribution in [-0.2, 0) is 4.79 Å². The van der Waals surface area contributed by atoms with Crippen molar-refractivity contribution in [2.75, 3.05) is 11.1 Å². The lowest BCUT2D eigenvalue weighted by atomic mass is 10.0. The van der Waals surface area contributed by atoms with E-state index in [2.05, 4.69) is 16.0 Å². The molecule has 3 atom stereocenters. The van der Waals surface area contributed by atoms with Gasteiger partial charge in [0.2, 0.25) is 5.91 Å². The van der Waals surface area contributed by atoms with Crippen LogP contribution in [0.15, 0.2) is 24.3 Å². The molecular weight excluding hydrogens is 314 g/mol. The number of urea groups is 1. The molecule has 2 aliphatic heterocycles. The second kappa shape index (κ2) is 7.12. The molecule has 0 saturated carbocycles. The summed E-state index contributed by atoms with van der Waals surface area (Å²) >= 11 is 1.90. The van der Waals surface area contributed by atoms with Crippen LogP contribution < -0.4 is 16.0 Å². The number of unbranched alkanes of at least 4 members (excludes halogenated alkanes) is 1. The Kier molecular flexibility index (Phi) is 4.95. The Hall–Kier alpha value is -1.89. The molecule has 0 aliphatic carbocycles. The fourth-order valence-electron chi connectivity index (χ4n) is 3.04. The summed E-state index contributed by atoms with van der Waals surface area (Å²) in [6.07, 6.45) is 3.30. The van der Waals surface area contributed by atoms with Crippen molar-refractivity contribution >= 4 is 29.4 Å². The summed E-state index contributed by atoms with van der Waals surface area (Å²) in [5.74, 6) is 1.14. The number of phenols is 1. The number of hydrogen-bond donors (Lipinski definition) is 4. The Morgan fingerprint density at radius 2 is 2.04 bits per heavy atom. The van der Waals surface area contributed by atoms with E-state index in [9.17, 15) is 14.7 Å². The predicted octanol–water partition coefficient (Wildman–Crippen LogP) is 2.06. The summed E-state index contributed by atoms with van der Waals surface area (Å²) in [6.45, 7) is 0. The van der Waals surface area contributed by atoms with Crippen LogP contribution >= 0.6 is 11.8 Å². The van der Waals surface area contributed by atoms with Gasteiger partial charge in [0, 0.05) is 23.1 Å². The summed E-state index contributed by atoms with van der Waals surface area (Å²) in [6, 6.07) is 6.89. The van der Waals surface area contributed by atoms with Crippen LogP contribution in [0, 0.1) is 0 Å². The number of thioether (sulfide) groups is 1. The van der Waals surface area contributed by atoms with Crippen LogP contribution in [0.3, 0.4) is 0 Å². The zero-order valence-electron chi connectivity index (χ0n) is 12.7. The highest BCUT2D eigenvalue weighted by Crippen LogP contribution is 2.33. The average molecular weight is 335 g/mol. The minimum Gasteiger partial charge on any atom is -0.508 e. The molecule has 2 aliphatic rings. The molecule has 0 bridgehead atoms. The van der Waals surface area contributed by atoms with Gasteiger partial charge in [0.1, 0.15) is 5.75 Å². The highest BCUT2D eigenvalue weighted by Gasteiger charge is 2.42. The largest absolute Gasteiger partial charge is 0.508 e. The number of carbonyl (C=O) groups is 2. The van der Waals surface area contributed by atoms with Gasteiger partial charge < -0.3 is 21.1 Å². The first-order valence-corrected chi connectivity index (χ1v) is 8.94. The maximum absolute atomic E-state index is 11.9. The van der Waals surface area contributed by atoms with Crippen LogP contribution in [0.25, 0.3) is 0 Å². The maximum Gasteiger partial charge on any atom is 0.315 e. The molecule has 23 heavy (non-hydrogen) atoms. The Balaban J connectivity index is 1.34. The van der Waals surface area contributed by atoms with E-state index in [1.165, 1.54) is 0 Å². The number of anilines is 1. The van der Waals surface area contributed by atoms with Gasteiger partial charge in [-0.25, -0.2) is 4.79 Å². The minimum atomic E-state index is -0.0569. The molecule has 7 heteroatoms. The van der Waals surface area contributed by atoms with E-state index in [-0.39, 0.29) is 29.8 Å². The lowest BCUT2D eigenvalue weighted by Crippen LogP contribution is -2.36. The number of nitrogens with one attached hydrogen (secondary N) is 3. The Morgan fingerprint density at radius 1 is 1.26 bits per heavy atom. The highest BCUT2D eigenvalue weighted by molar-refractivity contribution is 8.00. The van der Waals surface area contributed by atoms with Gasteiger partial charge >= 0.3 is 6.03 Å². The first-order valence-electron chi connectivity index (χ1n) is 7.89. The molecule has 3 rings (SSSR count). The Morgan fingerprint density at radius 3 is 2.83 bits per heavy atom. The third-order valence-corrected chi connectivity index (χ3v) is 5.74. The van der Waals surface area contributed by atoms with Crippen LogP contribution in [-0.4, -0.2) is 40.1 Å². The van der Waals surface area contributed by atoms with Crippen molar-refractivity contribution in [2.24, 2.45) is 0 Å². The van der Waals surface area contributed by atoms with Crippen LogP contribution in [0.2, 0.25) is 0 Å². The molecule has 0 radical (unpaired) electrons. The second-order valence-electron chi connectivity index (χ2n) is 5.96. The van der Waals surface area contributed by atoms with E-state index in [1.54, 1.807) is 24.3 Å². The maximum atomic E-state index is 11.9. The second-order valence-corrected chi connectivity index (χ2v) is 7.23. The number of amides is 3. The SMILES string of the molecule is O=C(CCCC[C@H]1SC[C@@H]2NC(=O)N[C@H]21)Nc1ccc(O)cc1. The van der Waals surface area contributed by atoms with Crippen LogP contribution in [0.1, 0.15) is 25.7 Å². The van der Waals surface area contributed by atoms with Crippen LogP contribution in [0.4, 0.5) is 10.5 Å². The molecule has 4 N–H and O–H groups in total. The van der Waals surface area contributed by atoms with Gasteiger partial charge in [-0.2, -0.15) is 11.8 Å². The zero-order valence-corrected chi connectivity index (χ0v) is 13.6. The van der Waals surface area contributed by atoms with Crippen LogP contribution in [0.5, 0.6) is 5.75 Å². The topological polar surface area (TPSA) is 90.5 Å². The number of benzene rings is 1. The molecule has 124 valence electrons. The summed E-state index contributed by atoms with van der Waals surface area (Å²) in [5.41, 5.74) is 0.696. The summed E-state index contributed by atoms with van der Waals surface area (Å²) in [4.78, 5) is 23.2. The molecule has 1 aromatic carbocycles. The summed E-state index contributed by atoms with van der Waals surface area (Å²) in [5, 5.41) is 18.4. The van der Waals surface area contributed by atoms with E-state index in [0.29, 0.717) is 17.4 Å². The molecule has 3 amide bonds. The summed E-state index contributed by atoms with van der Waals surface area (Å²) in [7, 11) is 0. The number of rotatable bonds is 6. The van der Waals surface area contributed by atoms with E-state index in [1.807, 2.05) is 11.8 Å². The normalized spacial score (nSPS) is 25.6. The van der Waals surface area contributed by atoms with E-state index in [4.69, 9.17) is 0 Å². The van der Waals surface area contributed by atoms with Crippen molar-refractivity contribution in [3.63, 3.8) is 0 Å². The van der Waals surface area contributed by atoms with Gasteiger partial charge in [-0.15, -0.1) is 0 Å². The summed E-state index contributed by atoms with van der Waals surface area (Å²) < 4.78 is 0. The molecule has 1 aromatic rings. The molecule has 0 unspecified atom stereocenters. The predicted molar refractivity (Wildman–Crippen MR) is 90.7 cm³/mol. The third kappa shape index (κ3) is 4.10. The van der Waals surface area contributed by atoms with Crippen molar-refractivity contribution in [1.82, 2.24) is 10.6 Å². The Bertz CT molecular complexity index is 578. The first kappa shape index (κ1) is 16.0. The van der Waals surface area contributed by atoms with Crippen molar-refractivity contribution < 1.29 is 14.7 Å². The number of phenolic OH excluding ortho intramolecular Hbond substituents is 1. The molecule has 0 aromatic heterocycles. The molecule has 2 saturated heterocycles. The Labute approximate surface area is 139 Å². The monoisotopic (exact) mass is 335 g/mol. The number of fused-ring (bicyclic) bond motifs is 1. The third-order valence-electron chi connectivity index (χ3n) is 4.23. The lowest BCUT2D eigenvalue weighted by Gasteiger charge is -2.16.